The van der Waals surface area contributed by atoms with Gasteiger partial charge in [-0.3, -0.25) is 4.79 Å². The van der Waals surface area contributed by atoms with Gasteiger partial charge < -0.3 is 81.2 Å². The summed E-state index contributed by atoms with van der Waals surface area (Å²) in [5, 5.41) is 54.7. The van der Waals surface area contributed by atoms with Gasteiger partial charge in [0.15, 0.2) is 6.29 Å². The maximum Gasteiger partial charge on any atom is 0.410 e. The maximum atomic E-state index is 13.7. The number of carbonyl (C=O) groups excluding carboxylic acids is 4. The van der Waals surface area contributed by atoms with Crippen LogP contribution in [0, 0.1) is 5.92 Å². The van der Waals surface area contributed by atoms with Gasteiger partial charge >= 0.3 is 18.3 Å². The molecule has 3 aliphatic rings. The number of nitrogens with zero attached hydrogens (tertiary/aromatic N) is 1. The number of hydrogen-bond donors (Lipinski definition) is 10. The first-order chi connectivity index (χ1) is 29.3. The minimum atomic E-state index is -4.03. The molecule has 2 heterocycles. The van der Waals surface area contributed by atoms with Crippen molar-refractivity contribution in [1.29, 1.82) is 0 Å². The van der Waals surface area contributed by atoms with Crippen LogP contribution in [0.5, 0.6) is 0 Å². The van der Waals surface area contributed by atoms with Crippen molar-refractivity contribution in [2.24, 2.45) is 17.4 Å². The van der Waals surface area contributed by atoms with Gasteiger partial charge in [0.05, 0.1) is 43.1 Å². The van der Waals surface area contributed by atoms with Gasteiger partial charge in [-0.15, -0.1) is 0 Å². The van der Waals surface area contributed by atoms with Crippen molar-refractivity contribution in [3.63, 3.8) is 0 Å². The summed E-state index contributed by atoms with van der Waals surface area (Å²) in [7, 11) is -2.73. The van der Waals surface area contributed by atoms with Crippen molar-refractivity contribution in [3.05, 3.63) is 11.8 Å². The van der Waals surface area contributed by atoms with Gasteiger partial charge in [-0.25, -0.2) is 27.5 Å². The van der Waals surface area contributed by atoms with Crippen LogP contribution in [0.1, 0.15) is 88.5 Å². The van der Waals surface area contributed by atoms with Crippen LogP contribution in [0.4, 0.5) is 14.4 Å². The quantitative estimate of drug-likeness (QED) is 0.0879. The summed E-state index contributed by atoms with van der Waals surface area (Å²) in [5.41, 5.74) is 6.92. The summed E-state index contributed by atoms with van der Waals surface area (Å²) in [6.07, 6.45) is -11.7. The molecule has 1 saturated carbocycles. The van der Waals surface area contributed by atoms with E-state index in [1.807, 2.05) is 0 Å². The van der Waals surface area contributed by atoms with E-state index in [2.05, 4.69) is 20.7 Å². The highest BCUT2D eigenvalue weighted by Gasteiger charge is 2.56. The third kappa shape index (κ3) is 16.1. The Morgan fingerprint density at radius 3 is 2.08 bits per heavy atom. The Morgan fingerprint density at radius 1 is 0.922 bits per heavy atom. The minimum Gasteiger partial charge on any atom is -0.492 e. The number of hydrogen-bond acceptors (Lipinski definition) is 18. The lowest BCUT2D eigenvalue weighted by atomic mass is 9.72. The van der Waals surface area contributed by atoms with Crippen LogP contribution in [0.25, 0.3) is 0 Å². The van der Waals surface area contributed by atoms with E-state index in [9.17, 15) is 48.0 Å². The number of likely N-dealkylation sites (N-methyl/N-ethyl adjacent to an activating group) is 1. The van der Waals surface area contributed by atoms with E-state index in [4.69, 9.17) is 39.9 Å². The molecule has 0 spiro atoms. The second-order valence-electron chi connectivity index (χ2n) is 19.6. The number of carbonyl (C=O) groups is 4. The van der Waals surface area contributed by atoms with Gasteiger partial charge in [0, 0.05) is 32.1 Å². The second-order valence-corrected chi connectivity index (χ2v) is 21.5. The van der Waals surface area contributed by atoms with Gasteiger partial charge in [-0.2, -0.15) is 0 Å². The predicted octanol–water partition coefficient (Wildman–Crippen LogP) is -1.01. The van der Waals surface area contributed by atoms with E-state index in [-0.39, 0.29) is 44.7 Å². The fraction of sp³-hybridized carbons (Fsp3) is 0.850. The van der Waals surface area contributed by atoms with E-state index in [0.717, 1.165) is 4.90 Å². The lowest BCUT2D eigenvalue weighted by Crippen LogP contribution is -2.71. The molecule has 0 aromatic rings. The average Bonchev–Trinajstić information content (AvgIpc) is 3.11. The molecule has 3 rings (SSSR count). The molecule has 0 bridgehead atoms. The fourth-order valence-electron chi connectivity index (χ4n) is 7.70. The van der Waals surface area contributed by atoms with E-state index in [1.54, 1.807) is 68.4 Å². The van der Waals surface area contributed by atoms with Crippen LogP contribution in [0.15, 0.2) is 11.8 Å². The topological polar surface area (TPSA) is 342 Å². The summed E-state index contributed by atoms with van der Waals surface area (Å²) < 4.78 is 63.6. The zero-order valence-corrected chi connectivity index (χ0v) is 39.6. The summed E-state index contributed by atoms with van der Waals surface area (Å²) in [6.45, 7) is 15.0. The van der Waals surface area contributed by atoms with Crippen LogP contribution in [0.2, 0.25) is 0 Å². The normalized spacial score (nSPS) is 30.7. The molecule has 12 atom stereocenters. The predicted molar refractivity (Wildman–Crippen MR) is 229 cm³/mol. The molecule has 370 valence electrons. The number of aliphatic hydroxyl groups excluding tert-OH is 3. The molecule has 0 aromatic carbocycles. The number of ether oxygens (including phenoxy) is 6. The first-order valence-electron chi connectivity index (χ1n) is 21.3. The number of aliphatic hydroxyl groups is 4. The summed E-state index contributed by atoms with van der Waals surface area (Å²) >= 11 is 0. The highest BCUT2D eigenvalue weighted by Crippen LogP contribution is 2.39. The second kappa shape index (κ2) is 21.8. The molecule has 12 N–H and O–H groups in total. The number of nitrogens with one attached hydrogen (secondary N) is 4. The zero-order valence-electron chi connectivity index (χ0n) is 38.8. The molecule has 2 fully saturated rings. The SMILES string of the molecule is CN(C(=O)OC(C)(C)C)[C@@H]1[C@@H](O)[C@@H](O[C@@H]2[C@@H](O)[C@H](C3OC(CN)=CC[C@H]3NS(=O)(=O)CCN)[C@@H](NC(=O)OC(C)(C)C)C[C@H]2NC(=O)[C@@H](O)CCNC(=O)OC(C)(C)C)OC[C@]1(C)O. The highest BCUT2D eigenvalue weighted by molar-refractivity contribution is 7.89. The Hall–Kier alpha value is -3.59. The summed E-state index contributed by atoms with van der Waals surface area (Å²) in [4.78, 5) is 53.7. The molecule has 1 aliphatic carbocycles. The van der Waals surface area contributed by atoms with Crippen molar-refractivity contribution < 1.29 is 76.4 Å². The summed E-state index contributed by atoms with van der Waals surface area (Å²) in [5.74, 6) is -2.51. The Labute approximate surface area is 375 Å². The van der Waals surface area contributed by atoms with Gasteiger partial charge in [0.1, 0.15) is 52.6 Å². The third-order valence-corrected chi connectivity index (χ3v) is 11.7. The van der Waals surface area contributed by atoms with E-state index in [1.165, 1.54) is 14.0 Å². The number of rotatable bonds is 15. The molecule has 1 saturated heterocycles. The number of sulfonamides is 1. The number of alkyl carbamates (subject to hydrolysis) is 2. The molecule has 2 aliphatic heterocycles. The largest absolute Gasteiger partial charge is 0.492 e. The van der Waals surface area contributed by atoms with Crippen LogP contribution < -0.4 is 32.1 Å². The van der Waals surface area contributed by atoms with Gasteiger partial charge in [-0.1, -0.05) is 0 Å². The van der Waals surface area contributed by atoms with Crippen molar-refractivity contribution in [1.82, 2.24) is 25.6 Å². The molecule has 0 aromatic heterocycles. The van der Waals surface area contributed by atoms with Crippen LogP contribution in [-0.4, -0.2) is 180 Å². The Balaban J connectivity index is 2.12. The molecule has 4 amide bonds. The molecule has 64 heavy (non-hydrogen) atoms. The molecule has 0 radical (unpaired) electrons. The van der Waals surface area contributed by atoms with Crippen LogP contribution in [-0.2, 0) is 43.2 Å². The van der Waals surface area contributed by atoms with E-state index in [0.29, 0.717) is 0 Å². The lowest BCUT2D eigenvalue weighted by Gasteiger charge is -2.52. The van der Waals surface area contributed by atoms with Gasteiger partial charge in [0.25, 0.3) is 0 Å². The first-order valence-corrected chi connectivity index (χ1v) is 22.9. The first kappa shape index (κ1) is 54.7. The van der Waals surface area contributed by atoms with Gasteiger partial charge in [0.2, 0.25) is 15.9 Å². The van der Waals surface area contributed by atoms with Crippen LogP contribution >= 0.6 is 0 Å². The number of amides is 4. The monoisotopic (exact) mass is 939 g/mol. The maximum absolute atomic E-state index is 13.7. The zero-order chi connectivity index (χ0) is 48.7. The van der Waals surface area contributed by atoms with E-state index < -0.39 is 136 Å². The smallest absolute Gasteiger partial charge is 0.410 e. The highest BCUT2D eigenvalue weighted by atomic mass is 32.2. The molecule has 24 heteroatoms. The molecule has 23 nitrogen and oxygen atoms in total. The van der Waals surface area contributed by atoms with E-state index >= 15 is 0 Å². The van der Waals surface area contributed by atoms with Gasteiger partial charge in [-0.05, 0) is 94.6 Å². The molecule has 1 unspecified atom stereocenters. The number of nitrogens with two attached hydrogens (primary N) is 2. The fourth-order valence-corrected chi connectivity index (χ4v) is 8.82. The standard InChI is InChI=1S/C40H73N7O16S/c1-37(2,3)61-34(52)43-16-14-25(48)32(51)44-24-18-23(45-35(53)62-38(4,5)6)26(29-22(13-12-21(19-42)59-29)46-64(56,57)17-15-41)27(49)30(24)60-33-28(50)31(40(10,55)20-58-33)47(11)36(54)63-39(7,8)9/h12,22-31,33,46,48-50,55H,13-20,41-42H2,1-11H3,(H,43,52)(H,44,51)(H,45,53)/t22-,23+,24-,25+,26-,27+,28-,29?,30+,31-,33-,40+/m1/s1. The summed E-state index contributed by atoms with van der Waals surface area (Å²) in [6, 6.07) is -5.05. The van der Waals surface area contributed by atoms with Crippen molar-refractivity contribution in [2.75, 3.05) is 39.0 Å². The molecular weight excluding hydrogens is 867 g/mol. The average molecular weight is 940 g/mol. The van der Waals surface area contributed by atoms with Crippen molar-refractivity contribution in [3.8, 4) is 0 Å². The van der Waals surface area contributed by atoms with Crippen molar-refractivity contribution >= 4 is 34.2 Å². The Morgan fingerprint density at radius 2 is 1.52 bits per heavy atom. The lowest BCUT2D eigenvalue weighted by molar-refractivity contribution is -0.305. The Bertz CT molecular complexity index is 1750. The van der Waals surface area contributed by atoms with Crippen molar-refractivity contribution in [2.45, 2.75) is 172 Å². The Kier molecular flexibility index (Phi) is 18.7. The third-order valence-electron chi connectivity index (χ3n) is 10.3. The molecular formula is C40H73N7O16S. The minimum absolute atomic E-state index is 0.0246. The van der Waals surface area contributed by atoms with Crippen LogP contribution in [0.3, 0.4) is 0 Å².